The van der Waals surface area contributed by atoms with E-state index in [9.17, 15) is 9.50 Å². The molecular weight excluding hydrogens is 257 g/mol. The second-order valence-corrected chi connectivity index (χ2v) is 5.55. The van der Waals surface area contributed by atoms with Crippen molar-refractivity contribution in [3.63, 3.8) is 0 Å². The van der Waals surface area contributed by atoms with Crippen LogP contribution in [0.1, 0.15) is 20.8 Å². The van der Waals surface area contributed by atoms with E-state index in [2.05, 4.69) is 5.32 Å². The Balaban J connectivity index is 2.45. The van der Waals surface area contributed by atoms with Crippen LogP contribution >= 0.6 is 11.6 Å². The zero-order chi connectivity index (χ0) is 13.8. The van der Waals surface area contributed by atoms with Gasteiger partial charge in [0.2, 0.25) is 0 Å². The van der Waals surface area contributed by atoms with E-state index in [4.69, 9.17) is 16.3 Å². The number of hydrogen-bond acceptors (Lipinski definition) is 3. The first-order valence-corrected chi connectivity index (χ1v) is 6.17. The molecule has 0 radical (unpaired) electrons. The van der Waals surface area contributed by atoms with E-state index in [1.807, 2.05) is 20.8 Å². The van der Waals surface area contributed by atoms with Crippen molar-refractivity contribution in [3.05, 3.63) is 29.0 Å². The summed E-state index contributed by atoms with van der Waals surface area (Å²) in [5.41, 5.74) is -0.0867. The highest BCUT2D eigenvalue weighted by molar-refractivity contribution is 6.32. The van der Waals surface area contributed by atoms with Crippen molar-refractivity contribution >= 4 is 11.6 Å². The molecule has 0 fully saturated rings. The predicted molar refractivity (Wildman–Crippen MR) is 70.7 cm³/mol. The topological polar surface area (TPSA) is 41.5 Å². The normalized spacial score (nSPS) is 13.4. The van der Waals surface area contributed by atoms with Gasteiger partial charge in [0.15, 0.2) is 11.6 Å². The lowest BCUT2D eigenvalue weighted by molar-refractivity contribution is 0.0980. The lowest BCUT2D eigenvalue weighted by atomic mass is 10.1. The molecular formula is C13H19ClFNO2. The molecule has 0 aliphatic heterocycles. The molecule has 2 N–H and O–H groups in total. The number of nitrogens with one attached hydrogen (secondary N) is 1. The van der Waals surface area contributed by atoms with E-state index >= 15 is 0 Å². The minimum atomic E-state index is -0.722. The van der Waals surface area contributed by atoms with Crippen molar-refractivity contribution in [2.24, 2.45) is 0 Å². The highest BCUT2D eigenvalue weighted by atomic mass is 35.5. The van der Waals surface area contributed by atoms with Crippen molar-refractivity contribution in [1.29, 1.82) is 0 Å². The summed E-state index contributed by atoms with van der Waals surface area (Å²) in [4.78, 5) is 0. The number of rotatable bonds is 5. The highest BCUT2D eigenvalue weighted by Gasteiger charge is 2.14. The lowest BCUT2D eigenvalue weighted by Gasteiger charge is -2.23. The number of aliphatic hydroxyl groups excluding tert-OH is 1. The van der Waals surface area contributed by atoms with Gasteiger partial charge >= 0.3 is 0 Å². The van der Waals surface area contributed by atoms with E-state index < -0.39 is 11.9 Å². The van der Waals surface area contributed by atoms with Gasteiger partial charge in [-0.1, -0.05) is 17.7 Å². The van der Waals surface area contributed by atoms with Gasteiger partial charge in [-0.25, -0.2) is 4.39 Å². The number of benzene rings is 1. The third-order valence-corrected chi connectivity index (χ3v) is 2.50. The fourth-order valence-electron chi connectivity index (χ4n) is 1.28. The first-order chi connectivity index (χ1) is 8.29. The van der Waals surface area contributed by atoms with Gasteiger partial charge in [-0.2, -0.15) is 0 Å². The largest absolute Gasteiger partial charge is 0.486 e. The zero-order valence-electron chi connectivity index (χ0n) is 10.8. The van der Waals surface area contributed by atoms with E-state index in [0.717, 1.165) is 0 Å². The third kappa shape index (κ3) is 5.21. The summed E-state index contributed by atoms with van der Waals surface area (Å²) >= 11 is 5.80. The van der Waals surface area contributed by atoms with Gasteiger partial charge in [-0.15, -0.1) is 0 Å². The molecule has 1 aromatic carbocycles. The molecule has 3 nitrogen and oxygen atoms in total. The number of aliphatic hydroxyl groups is 1. The minimum absolute atomic E-state index is 0.0102. The number of para-hydroxylation sites is 1. The molecule has 0 spiro atoms. The molecule has 5 heteroatoms. The zero-order valence-corrected chi connectivity index (χ0v) is 11.6. The van der Waals surface area contributed by atoms with E-state index in [1.165, 1.54) is 12.1 Å². The van der Waals surface area contributed by atoms with Gasteiger partial charge in [0, 0.05) is 12.1 Å². The van der Waals surface area contributed by atoms with Crippen molar-refractivity contribution < 1.29 is 14.2 Å². The molecule has 0 aliphatic rings. The molecule has 0 heterocycles. The Labute approximate surface area is 112 Å². The van der Waals surface area contributed by atoms with Crippen LogP contribution in [0.15, 0.2) is 18.2 Å². The monoisotopic (exact) mass is 275 g/mol. The molecule has 1 atom stereocenters. The summed E-state index contributed by atoms with van der Waals surface area (Å²) in [6.45, 7) is 6.34. The Morgan fingerprint density at radius 3 is 2.67 bits per heavy atom. The number of hydrogen-bond donors (Lipinski definition) is 2. The maximum Gasteiger partial charge on any atom is 0.173 e. The molecule has 0 aromatic heterocycles. The van der Waals surface area contributed by atoms with Crippen LogP contribution in [0.3, 0.4) is 0 Å². The fraction of sp³-hybridized carbons (Fsp3) is 0.538. The Morgan fingerprint density at radius 2 is 2.11 bits per heavy atom. The maximum atomic E-state index is 13.4. The Kier molecular flexibility index (Phi) is 5.38. The molecule has 1 unspecified atom stereocenters. The van der Waals surface area contributed by atoms with E-state index in [1.54, 1.807) is 6.07 Å². The molecule has 0 bridgehead atoms. The summed E-state index contributed by atoms with van der Waals surface area (Å²) in [6.07, 6.45) is -0.722. The predicted octanol–water partition coefficient (Wildman–Crippen LogP) is 2.61. The second kappa shape index (κ2) is 6.36. The molecule has 102 valence electrons. The molecule has 0 aliphatic carbocycles. The van der Waals surface area contributed by atoms with Crippen LogP contribution in [0.5, 0.6) is 5.75 Å². The fourth-order valence-corrected chi connectivity index (χ4v) is 1.50. The van der Waals surface area contributed by atoms with Gasteiger partial charge in [0.1, 0.15) is 12.7 Å². The molecule has 0 saturated heterocycles. The quantitative estimate of drug-likeness (QED) is 0.868. The molecule has 0 amide bonds. The Morgan fingerprint density at radius 1 is 1.44 bits per heavy atom. The molecule has 18 heavy (non-hydrogen) atoms. The summed E-state index contributed by atoms with van der Waals surface area (Å²) in [6, 6.07) is 4.31. The van der Waals surface area contributed by atoms with Crippen molar-refractivity contribution in [2.75, 3.05) is 13.2 Å². The average Bonchev–Trinajstić information content (AvgIpc) is 2.25. The molecule has 0 saturated carbocycles. The number of β-amino-alcohol motifs (C(OH)–C–C–N with tert-alkyl or cyclic N) is 1. The van der Waals surface area contributed by atoms with Crippen LogP contribution in [0.4, 0.5) is 4.39 Å². The van der Waals surface area contributed by atoms with Gasteiger partial charge in [-0.3, -0.25) is 0 Å². The lowest BCUT2D eigenvalue weighted by Crippen LogP contribution is -2.42. The van der Waals surface area contributed by atoms with Crippen molar-refractivity contribution in [2.45, 2.75) is 32.4 Å². The van der Waals surface area contributed by atoms with Crippen LogP contribution in [0, 0.1) is 5.82 Å². The summed E-state index contributed by atoms with van der Waals surface area (Å²) in [5.74, 6) is -0.549. The van der Waals surface area contributed by atoms with Crippen molar-refractivity contribution in [3.8, 4) is 5.75 Å². The van der Waals surface area contributed by atoms with Gasteiger partial charge in [0.25, 0.3) is 0 Å². The van der Waals surface area contributed by atoms with Crippen LogP contribution < -0.4 is 10.1 Å². The first-order valence-electron chi connectivity index (χ1n) is 5.79. The average molecular weight is 276 g/mol. The van der Waals surface area contributed by atoms with E-state index in [0.29, 0.717) is 6.54 Å². The van der Waals surface area contributed by atoms with Gasteiger partial charge in [-0.05, 0) is 32.9 Å². The molecule has 1 aromatic rings. The van der Waals surface area contributed by atoms with Crippen LogP contribution in [0.25, 0.3) is 0 Å². The second-order valence-electron chi connectivity index (χ2n) is 5.15. The molecule has 1 rings (SSSR count). The summed E-state index contributed by atoms with van der Waals surface area (Å²) < 4.78 is 18.6. The van der Waals surface area contributed by atoms with Crippen molar-refractivity contribution in [1.82, 2.24) is 5.32 Å². The van der Waals surface area contributed by atoms with Crippen LogP contribution in [-0.4, -0.2) is 29.9 Å². The van der Waals surface area contributed by atoms with Crippen LogP contribution in [0.2, 0.25) is 5.02 Å². The number of halogens is 2. The standard InChI is InChI=1S/C13H19ClFNO2/c1-13(2,3)16-7-9(17)8-18-12-10(14)5-4-6-11(12)15/h4-6,9,16-17H,7-8H2,1-3H3. The third-order valence-electron chi connectivity index (χ3n) is 2.21. The maximum absolute atomic E-state index is 13.4. The summed E-state index contributed by atoms with van der Waals surface area (Å²) in [5, 5.41) is 13.0. The Bertz CT molecular complexity index is 373. The smallest absolute Gasteiger partial charge is 0.173 e. The SMILES string of the molecule is CC(C)(C)NCC(O)COc1c(F)cccc1Cl. The highest BCUT2D eigenvalue weighted by Crippen LogP contribution is 2.27. The van der Waals surface area contributed by atoms with Crippen LogP contribution in [-0.2, 0) is 0 Å². The number of ether oxygens (including phenoxy) is 1. The summed E-state index contributed by atoms with van der Waals surface area (Å²) in [7, 11) is 0. The van der Waals surface area contributed by atoms with Gasteiger partial charge in [0.05, 0.1) is 5.02 Å². The first kappa shape index (κ1) is 15.2. The van der Waals surface area contributed by atoms with Gasteiger partial charge < -0.3 is 15.2 Å². The van der Waals surface area contributed by atoms with E-state index in [-0.39, 0.29) is 22.9 Å². The Hall–Kier alpha value is -0.840. The minimum Gasteiger partial charge on any atom is -0.486 e.